The predicted octanol–water partition coefficient (Wildman–Crippen LogP) is 2.16. The van der Waals surface area contributed by atoms with Crippen LogP contribution in [0.3, 0.4) is 0 Å². The molecule has 0 saturated heterocycles. The van der Waals surface area contributed by atoms with Crippen LogP contribution in [0, 0.1) is 34.5 Å². The lowest BCUT2D eigenvalue weighted by Gasteiger charge is -2.56. The number of carbonyl (C=O) groups excluding carboxylic acids is 2. The molecule has 5 heteroatoms. The molecule has 22 heavy (non-hydrogen) atoms. The fourth-order valence-corrected chi connectivity index (χ4v) is 5.35. The Morgan fingerprint density at radius 2 is 1.77 bits per heavy atom. The van der Waals surface area contributed by atoms with Gasteiger partial charge in [-0.05, 0) is 68.6 Å². The maximum absolute atomic E-state index is 12.2. The summed E-state index contributed by atoms with van der Waals surface area (Å²) in [6.45, 7) is 1.37. The number of esters is 1. The molecule has 0 heterocycles. The van der Waals surface area contributed by atoms with Crippen molar-refractivity contribution >= 4 is 11.9 Å². The third-order valence-corrected chi connectivity index (χ3v) is 5.62. The molecule has 0 aromatic rings. The van der Waals surface area contributed by atoms with Crippen LogP contribution in [0.25, 0.3) is 0 Å². The molecule has 0 aromatic heterocycles. The zero-order valence-electron chi connectivity index (χ0n) is 13.1. The molecule has 0 spiro atoms. The number of amides is 1. The van der Waals surface area contributed by atoms with E-state index in [1.807, 2.05) is 6.07 Å². The highest BCUT2D eigenvalue weighted by Gasteiger charge is 2.51. The second kappa shape index (κ2) is 5.91. The summed E-state index contributed by atoms with van der Waals surface area (Å²) >= 11 is 0. The summed E-state index contributed by atoms with van der Waals surface area (Å²) < 4.78 is 4.83. The van der Waals surface area contributed by atoms with Crippen LogP contribution >= 0.6 is 0 Å². The maximum atomic E-state index is 12.2. The highest BCUT2D eigenvalue weighted by atomic mass is 16.5. The van der Waals surface area contributed by atoms with Crippen LogP contribution in [0.5, 0.6) is 0 Å². The number of hydrogen-bond donors (Lipinski definition) is 1. The largest absolute Gasteiger partial charge is 0.446 e. The maximum Gasteiger partial charge on any atom is 0.326 e. The SMILES string of the molecule is C[C@@H](C#N)OC(=O)CNC(=O)CC12CC3CC(CC(C3)C1)C2. The van der Waals surface area contributed by atoms with E-state index in [0.717, 1.165) is 17.8 Å². The van der Waals surface area contributed by atoms with E-state index in [9.17, 15) is 9.59 Å². The van der Waals surface area contributed by atoms with Gasteiger partial charge in [0.15, 0.2) is 6.10 Å². The fraction of sp³-hybridized carbons (Fsp3) is 0.824. The summed E-state index contributed by atoms with van der Waals surface area (Å²) in [5.41, 5.74) is 0.183. The lowest BCUT2D eigenvalue weighted by atomic mass is 9.49. The molecule has 5 nitrogen and oxygen atoms in total. The topological polar surface area (TPSA) is 79.2 Å². The molecule has 1 atom stereocenters. The third-order valence-electron chi connectivity index (χ3n) is 5.62. The summed E-state index contributed by atoms with van der Waals surface area (Å²) in [5.74, 6) is 1.86. The Morgan fingerprint density at radius 3 is 2.27 bits per heavy atom. The molecular weight excluding hydrogens is 280 g/mol. The van der Waals surface area contributed by atoms with Crippen LogP contribution in [0.1, 0.15) is 51.9 Å². The molecule has 4 aliphatic carbocycles. The van der Waals surface area contributed by atoms with Crippen molar-refractivity contribution in [2.75, 3.05) is 6.54 Å². The smallest absolute Gasteiger partial charge is 0.326 e. The van der Waals surface area contributed by atoms with E-state index in [1.54, 1.807) is 0 Å². The highest BCUT2D eigenvalue weighted by Crippen LogP contribution is 2.61. The van der Waals surface area contributed by atoms with Crippen molar-refractivity contribution in [1.82, 2.24) is 5.32 Å². The molecule has 4 aliphatic rings. The highest BCUT2D eigenvalue weighted by molar-refractivity contribution is 5.82. The molecule has 1 amide bonds. The molecule has 4 bridgehead atoms. The molecular formula is C17H24N2O3. The van der Waals surface area contributed by atoms with Crippen LogP contribution in [0.4, 0.5) is 0 Å². The van der Waals surface area contributed by atoms with Gasteiger partial charge >= 0.3 is 5.97 Å². The minimum absolute atomic E-state index is 0.0523. The van der Waals surface area contributed by atoms with Gasteiger partial charge in [0.1, 0.15) is 12.6 Å². The predicted molar refractivity (Wildman–Crippen MR) is 79.4 cm³/mol. The molecule has 1 N–H and O–H groups in total. The van der Waals surface area contributed by atoms with E-state index < -0.39 is 12.1 Å². The summed E-state index contributed by atoms with van der Waals surface area (Å²) in [6.07, 6.45) is 7.40. The molecule has 4 saturated carbocycles. The third kappa shape index (κ3) is 3.26. The quantitative estimate of drug-likeness (QED) is 0.789. The Bertz CT molecular complexity index is 473. The Labute approximate surface area is 131 Å². The van der Waals surface area contributed by atoms with Crippen molar-refractivity contribution < 1.29 is 14.3 Å². The normalized spacial score (nSPS) is 36.5. The van der Waals surface area contributed by atoms with Gasteiger partial charge in [-0.1, -0.05) is 0 Å². The average Bonchev–Trinajstić information content (AvgIpc) is 2.43. The standard InChI is InChI=1S/C17H24N2O3/c1-11(9-18)22-16(21)10-19-15(20)8-17-5-12-2-13(6-17)4-14(3-12)7-17/h11-14H,2-8,10H2,1H3,(H,19,20)/t11-,12?,13?,14?,17?/m0/s1. The minimum atomic E-state index is -0.771. The van der Waals surface area contributed by atoms with Crippen LogP contribution in [0.15, 0.2) is 0 Å². The number of hydrogen-bond acceptors (Lipinski definition) is 4. The zero-order valence-corrected chi connectivity index (χ0v) is 13.1. The molecule has 0 radical (unpaired) electrons. The lowest BCUT2D eigenvalue weighted by molar-refractivity contribution is -0.146. The molecule has 0 aromatic carbocycles. The van der Waals surface area contributed by atoms with Gasteiger partial charge in [0.25, 0.3) is 0 Å². The number of carbonyl (C=O) groups is 2. The molecule has 4 fully saturated rings. The van der Waals surface area contributed by atoms with Crippen molar-refractivity contribution in [3.8, 4) is 6.07 Å². The minimum Gasteiger partial charge on any atom is -0.446 e. The van der Waals surface area contributed by atoms with Gasteiger partial charge in [0, 0.05) is 6.42 Å². The first kappa shape index (κ1) is 15.3. The second-order valence-electron chi connectivity index (χ2n) is 7.63. The molecule has 120 valence electrons. The van der Waals surface area contributed by atoms with Crippen molar-refractivity contribution in [3.05, 3.63) is 0 Å². The Balaban J connectivity index is 1.48. The van der Waals surface area contributed by atoms with Crippen molar-refractivity contribution in [2.45, 2.75) is 58.0 Å². The number of nitriles is 1. The first-order valence-corrected chi connectivity index (χ1v) is 8.34. The van der Waals surface area contributed by atoms with Crippen LogP contribution in [-0.4, -0.2) is 24.5 Å². The van der Waals surface area contributed by atoms with Crippen LogP contribution < -0.4 is 5.32 Å². The van der Waals surface area contributed by atoms with Crippen molar-refractivity contribution in [2.24, 2.45) is 23.2 Å². The number of rotatable bonds is 5. The summed E-state index contributed by atoms with van der Waals surface area (Å²) in [5, 5.41) is 11.3. The summed E-state index contributed by atoms with van der Waals surface area (Å²) in [4.78, 5) is 23.7. The van der Waals surface area contributed by atoms with E-state index in [2.05, 4.69) is 5.32 Å². The summed E-state index contributed by atoms with van der Waals surface area (Å²) in [7, 11) is 0. The zero-order chi connectivity index (χ0) is 15.7. The monoisotopic (exact) mass is 304 g/mol. The van der Waals surface area contributed by atoms with Crippen LogP contribution in [-0.2, 0) is 14.3 Å². The van der Waals surface area contributed by atoms with Gasteiger partial charge in [-0.2, -0.15) is 5.26 Å². The molecule has 0 unspecified atom stereocenters. The van der Waals surface area contributed by atoms with Crippen LogP contribution in [0.2, 0.25) is 0 Å². The van der Waals surface area contributed by atoms with Gasteiger partial charge in [-0.15, -0.1) is 0 Å². The van der Waals surface area contributed by atoms with Gasteiger partial charge in [-0.25, -0.2) is 0 Å². The number of nitrogens with one attached hydrogen (secondary N) is 1. The van der Waals surface area contributed by atoms with Crippen molar-refractivity contribution in [3.63, 3.8) is 0 Å². The average molecular weight is 304 g/mol. The van der Waals surface area contributed by atoms with Gasteiger partial charge in [0.2, 0.25) is 5.91 Å². The molecule has 4 rings (SSSR count). The van der Waals surface area contributed by atoms with Gasteiger partial charge in [-0.3, -0.25) is 9.59 Å². The number of ether oxygens (including phenoxy) is 1. The fourth-order valence-electron chi connectivity index (χ4n) is 5.35. The lowest BCUT2D eigenvalue weighted by Crippen LogP contribution is -2.48. The van der Waals surface area contributed by atoms with Gasteiger partial charge < -0.3 is 10.1 Å². The van der Waals surface area contributed by atoms with E-state index in [1.165, 1.54) is 45.4 Å². The Hall–Kier alpha value is -1.57. The van der Waals surface area contributed by atoms with E-state index >= 15 is 0 Å². The van der Waals surface area contributed by atoms with Crippen molar-refractivity contribution in [1.29, 1.82) is 5.26 Å². The Kier molecular flexibility index (Phi) is 4.12. The van der Waals surface area contributed by atoms with E-state index in [4.69, 9.17) is 10.00 Å². The summed E-state index contributed by atoms with van der Waals surface area (Å²) in [6, 6.07) is 1.83. The first-order valence-electron chi connectivity index (χ1n) is 8.34. The van der Waals surface area contributed by atoms with E-state index in [0.29, 0.717) is 6.42 Å². The second-order valence-corrected chi connectivity index (χ2v) is 7.63. The first-order chi connectivity index (χ1) is 10.5. The Morgan fingerprint density at radius 1 is 1.23 bits per heavy atom. The molecule has 0 aliphatic heterocycles. The number of nitrogens with zero attached hydrogens (tertiary/aromatic N) is 1. The van der Waals surface area contributed by atoms with Gasteiger partial charge in [0.05, 0.1) is 0 Å². The van der Waals surface area contributed by atoms with E-state index in [-0.39, 0.29) is 17.9 Å².